The zero-order valence-electron chi connectivity index (χ0n) is 13.0. The molecule has 0 saturated heterocycles. The predicted octanol–water partition coefficient (Wildman–Crippen LogP) is 3.32. The molecule has 1 fully saturated rings. The monoisotopic (exact) mass is 290 g/mol. The van der Waals surface area contributed by atoms with Gasteiger partial charge in [-0.15, -0.1) is 0 Å². The maximum Gasteiger partial charge on any atom is 0.243 e. The Kier molecular flexibility index (Phi) is 5.10. The summed E-state index contributed by atoms with van der Waals surface area (Å²) in [5.74, 6) is 1.30. The molecule has 0 radical (unpaired) electrons. The third-order valence-corrected chi connectivity index (χ3v) is 4.60. The number of carbonyl (C=O) groups excluding carboxylic acids is 1. The topological polar surface area (TPSA) is 64.3 Å². The van der Waals surface area contributed by atoms with E-state index in [1.54, 1.807) is 7.11 Å². The van der Waals surface area contributed by atoms with Crippen LogP contribution in [0.4, 0.5) is 5.69 Å². The third kappa shape index (κ3) is 3.69. The van der Waals surface area contributed by atoms with Gasteiger partial charge in [-0.05, 0) is 55.9 Å². The van der Waals surface area contributed by atoms with Gasteiger partial charge in [0.2, 0.25) is 5.91 Å². The molecule has 0 heterocycles. The third-order valence-electron chi connectivity index (χ3n) is 4.60. The van der Waals surface area contributed by atoms with Crippen molar-refractivity contribution in [2.24, 2.45) is 11.7 Å². The second-order valence-corrected chi connectivity index (χ2v) is 6.03. The molecular weight excluding hydrogens is 264 g/mol. The van der Waals surface area contributed by atoms with Crippen LogP contribution in [0.5, 0.6) is 5.75 Å². The summed E-state index contributed by atoms with van der Waals surface area (Å²) in [4.78, 5) is 12.0. The lowest BCUT2D eigenvalue weighted by Gasteiger charge is -2.39. The van der Waals surface area contributed by atoms with Crippen molar-refractivity contribution >= 4 is 11.6 Å². The molecule has 0 aliphatic heterocycles. The first kappa shape index (κ1) is 15.7. The smallest absolute Gasteiger partial charge is 0.243 e. The summed E-state index contributed by atoms with van der Waals surface area (Å²) in [5.41, 5.74) is 6.02. The number of anilines is 1. The van der Waals surface area contributed by atoms with Crippen molar-refractivity contribution in [2.45, 2.75) is 51.0 Å². The SMILES string of the molecule is CCCC1CCC(Nc2ccc(OC)cc2)(C(N)=O)CC1. The van der Waals surface area contributed by atoms with Gasteiger partial charge in [0, 0.05) is 5.69 Å². The molecule has 3 N–H and O–H groups in total. The minimum absolute atomic E-state index is 0.242. The average molecular weight is 290 g/mol. The van der Waals surface area contributed by atoms with Crippen LogP contribution in [0.15, 0.2) is 24.3 Å². The summed E-state index contributed by atoms with van der Waals surface area (Å²) in [6.45, 7) is 2.21. The largest absolute Gasteiger partial charge is 0.497 e. The van der Waals surface area contributed by atoms with Crippen LogP contribution in [-0.2, 0) is 4.79 Å². The van der Waals surface area contributed by atoms with Gasteiger partial charge >= 0.3 is 0 Å². The second-order valence-electron chi connectivity index (χ2n) is 6.03. The summed E-state index contributed by atoms with van der Waals surface area (Å²) in [5, 5.41) is 3.38. The number of amides is 1. The summed E-state index contributed by atoms with van der Waals surface area (Å²) in [6, 6.07) is 7.64. The molecule has 4 nitrogen and oxygen atoms in total. The van der Waals surface area contributed by atoms with E-state index in [0.717, 1.165) is 43.0 Å². The quantitative estimate of drug-likeness (QED) is 0.844. The molecule has 1 amide bonds. The maximum absolute atomic E-state index is 12.0. The molecule has 0 spiro atoms. The van der Waals surface area contributed by atoms with Crippen molar-refractivity contribution in [1.82, 2.24) is 0 Å². The van der Waals surface area contributed by atoms with Crippen molar-refractivity contribution in [3.05, 3.63) is 24.3 Å². The van der Waals surface area contributed by atoms with Crippen LogP contribution in [-0.4, -0.2) is 18.6 Å². The molecule has 2 rings (SSSR count). The maximum atomic E-state index is 12.0. The molecule has 1 aromatic carbocycles. The number of hydrogen-bond acceptors (Lipinski definition) is 3. The van der Waals surface area contributed by atoms with Crippen LogP contribution in [0.2, 0.25) is 0 Å². The van der Waals surface area contributed by atoms with Crippen LogP contribution in [0.3, 0.4) is 0 Å². The Morgan fingerprint density at radius 2 is 1.95 bits per heavy atom. The number of nitrogens with one attached hydrogen (secondary N) is 1. The van der Waals surface area contributed by atoms with E-state index in [-0.39, 0.29) is 5.91 Å². The van der Waals surface area contributed by atoms with Crippen LogP contribution in [0, 0.1) is 5.92 Å². The standard InChI is InChI=1S/C17H26N2O2/c1-3-4-13-9-11-17(12-10-13,16(18)20)19-14-5-7-15(21-2)8-6-14/h5-8,13,19H,3-4,9-12H2,1-2H3,(H2,18,20). The summed E-state index contributed by atoms with van der Waals surface area (Å²) in [6.07, 6.45) is 6.23. The Morgan fingerprint density at radius 3 is 2.43 bits per heavy atom. The zero-order chi connectivity index (χ0) is 15.3. The van der Waals surface area contributed by atoms with E-state index in [2.05, 4.69) is 12.2 Å². The van der Waals surface area contributed by atoms with Crippen LogP contribution >= 0.6 is 0 Å². The minimum Gasteiger partial charge on any atom is -0.497 e. The lowest BCUT2D eigenvalue weighted by molar-refractivity contribution is -0.123. The highest BCUT2D eigenvalue weighted by Gasteiger charge is 2.40. The van der Waals surface area contributed by atoms with Gasteiger partial charge in [-0.2, -0.15) is 0 Å². The molecule has 1 aliphatic rings. The minimum atomic E-state index is -0.598. The highest BCUT2D eigenvalue weighted by molar-refractivity contribution is 5.88. The fourth-order valence-corrected chi connectivity index (χ4v) is 3.25. The van der Waals surface area contributed by atoms with E-state index in [1.165, 1.54) is 12.8 Å². The van der Waals surface area contributed by atoms with Crippen LogP contribution < -0.4 is 15.8 Å². The predicted molar refractivity (Wildman–Crippen MR) is 85.4 cm³/mol. The van der Waals surface area contributed by atoms with Gasteiger partial charge < -0.3 is 15.8 Å². The number of benzene rings is 1. The fraction of sp³-hybridized carbons (Fsp3) is 0.588. The van der Waals surface area contributed by atoms with Gasteiger partial charge in [0.1, 0.15) is 11.3 Å². The van der Waals surface area contributed by atoms with Gasteiger partial charge in [0.25, 0.3) is 0 Å². The van der Waals surface area contributed by atoms with Crippen molar-refractivity contribution < 1.29 is 9.53 Å². The number of carbonyl (C=O) groups is 1. The first-order valence-electron chi connectivity index (χ1n) is 7.82. The molecule has 21 heavy (non-hydrogen) atoms. The Hall–Kier alpha value is -1.71. The lowest BCUT2D eigenvalue weighted by Crippen LogP contribution is -2.52. The Bertz CT molecular complexity index is 462. The summed E-state index contributed by atoms with van der Waals surface area (Å²) < 4.78 is 5.15. The van der Waals surface area contributed by atoms with Gasteiger partial charge in [0.15, 0.2) is 0 Å². The van der Waals surface area contributed by atoms with E-state index in [1.807, 2.05) is 24.3 Å². The second kappa shape index (κ2) is 6.83. The normalized spacial score (nSPS) is 25.3. The van der Waals surface area contributed by atoms with Gasteiger partial charge in [-0.1, -0.05) is 19.8 Å². The molecular formula is C17H26N2O2. The molecule has 0 unspecified atom stereocenters. The Balaban J connectivity index is 2.07. The fourth-order valence-electron chi connectivity index (χ4n) is 3.25. The van der Waals surface area contributed by atoms with Crippen LogP contribution in [0.25, 0.3) is 0 Å². The van der Waals surface area contributed by atoms with E-state index >= 15 is 0 Å². The molecule has 1 aromatic rings. The highest BCUT2D eigenvalue weighted by atomic mass is 16.5. The van der Waals surface area contributed by atoms with Crippen molar-refractivity contribution in [3.63, 3.8) is 0 Å². The van der Waals surface area contributed by atoms with Gasteiger partial charge in [-0.25, -0.2) is 0 Å². The van der Waals surface area contributed by atoms with Gasteiger partial charge in [-0.3, -0.25) is 4.79 Å². The molecule has 4 heteroatoms. The molecule has 1 aliphatic carbocycles. The summed E-state index contributed by atoms with van der Waals surface area (Å²) >= 11 is 0. The molecule has 0 aromatic heterocycles. The number of hydrogen-bond donors (Lipinski definition) is 2. The number of primary amides is 1. The van der Waals surface area contributed by atoms with E-state index in [9.17, 15) is 4.79 Å². The van der Waals surface area contributed by atoms with E-state index in [0.29, 0.717) is 0 Å². The molecule has 0 bridgehead atoms. The van der Waals surface area contributed by atoms with Crippen LogP contribution in [0.1, 0.15) is 45.4 Å². The van der Waals surface area contributed by atoms with Gasteiger partial charge in [0.05, 0.1) is 7.11 Å². The van der Waals surface area contributed by atoms with Crippen molar-refractivity contribution in [2.75, 3.05) is 12.4 Å². The molecule has 0 atom stereocenters. The number of methoxy groups -OCH3 is 1. The summed E-state index contributed by atoms with van der Waals surface area (Å²) in [7, 11) is 1.64. The zero-order valence-corrected chi connectivity index (χ0v) is 13.0. The van der Waals surface area contributed by atoms with Crippen molar-refractivity contribution in [1.29, 1.82) is 0 Å². The Morgan fingerprint density at radius 1 is 1.33 bits per heavy atom. The number of rotatable bonds is 6. The van der Waals surface area contributed by atoms with E-state index < -0.39 is 5.54 Å². The molecule has 116 valence electrons. The Labute approximate surface area is 127 Å². The van der Waals surface area contributed by atoms with E-state index in [4.69, 9.17) is 10.5 Å². The first-order chi connectivity index (χ1) is 10.1. The average Bonchev–Trinajstić information content (AvgIpc) is 2.50. The lowest BCUT2D eigenvalue weighted by atomic mass is 9.74. The number of ether oxygens (including phenoxy) is 1. The first-order valence-corrected chi connectivity index (χ1v) is 7.82. The highest BCUT2D eigenvalue weighted by Crippen LogP contribution is 2.36. The number of nitrogens with two attached hydrogens (primary N) is 1. The molecule has 1 saturated carbocycles. The van der Waals surface area contributed by atoms with Crippen molar-refractivity contribution in [3.8, 4) is 5.75 Å².